The molecule has 4 heteroatoms. The van der Waals surface area contributed by atoms with E-state index in [1.807, 2.05) is 22.9 Å². The lowest BCUT2D eigenvalue weighted by Gasteiger charge is -2.23. The van der Waals surface area contributed by atoms with Crippen LogP contribution in [-0.4, -0.2) is 23.8 Å². The summed E-state index contributed by atoms with van der Waals surface area (Å²) in [7, 11) is 1.52. The summed E-state index contributed by atoms with van der Waals surface area (Å²) in [6.45, 7) is 5.15. The van der Waals surface area contributed by atoms with Crippen molar-refractivity contribution in [1.82, 2.24) is 4.67 Å². The van der Waals surface area contributed by atoms with Crippen molar-refractivity contribution in [2.45, 2.75) is 18.8 Å². The molecule has 0 aliphatic carbocycles. The second-order valence-corrected chi connectivity index (χ2v) is 7.70. The van der Waals surface area contributed by atoms with E-state index in [1.165, 1.54) is 0 Å². The van der Waals surface area contributed by atoms with Gasteiger partial charge in [-0.3, -0.25) is 4.79 Å². The maximum atomic E-state index is 12.4. The Kier molecular flexibility index (Phi) is 3.62. The predicted molar refractivity (Wildman–Crippen MR) is 72.7 cm³/mol. The molecule has 1 aromatic rings. The van der Waals surface area contributed by atoms with E-state index in [4.69, 9.17) is 0 Å². The zero-order valence-corrected chi connectivity index (χ0v) is 11.7. The monoisotopic (exact) mass is 253 g/mol. The fourth-order valence-electron chi connectivity index (χ4n) is 2.16. The van der Waals surface area contributed by atoms with E-state index in [2.05, 4.69) is 25.7 Å². The highest BCUT2D eigenvalue weighted by Gasteiger charge is 2.43. The Hall–Kier alpha value is -0.450. The van der Waals surface area contributed by atoms with Crippen molar-refractivity contribution in [1.29, 1.82) is 0 Å². The van der Waals surface area contributed by atoms with Crippen LogP contribution in [0.2, 0.25) is 0 Å². The number of benzene rings is 1. The number of rotatable bonds is 3. The Morgan fingerprint density at radius 1 is 1.31 bits per heavy atom. The molecule has 1 aliphatic rings. The third-order valence-corrected chi connectivity index (χ3v) is 5.61. The molecule has 16 heavy (non-hydrogen) atoms. The molecule has 2 unspecified atom stereocenters. The Balaban J connectivity index is 2.25. The minimum atomic E-state index is -0.284. The molecule has 0 radical (unpaired) electrons. The van der Waals surface area contributed by atoms with Gasteiger partial charge in [-0.05, 0) is 25.6 Å². The summed E-state index contributed by atoms with van der Waals surface area (Å²) < 4.78 is 2.03. The first-order chi connectivity index (χ1) is 7.68. The average molecular weight is 253 g/mol. The SMILES string of the molecule is CPPN1CC[C@@](C)(c2ccccc2)C1=O. The number of carbonyl (C=O) groups is 1. The maximum absolute atomic E-state index is 12.4. The fourth-order valence-corrected chi connectivity index (χ4v) is 4.45. The van der Waals surface area contributed by atoms with Crippen molar-refractivity contribution in [2.75, 3.05) is 13.2 Å². The van der Waals surface area contributed by atoms with Crippen LogP contribution in [0.1, 0.15) is 18.9 Å². The molecular formula is C12H17NOP2. The summed E-state index contributed by atoms with van der Waals surface area (Å²) in [4.78, 5) is 12.4. The first-order valence-electron chi connectivity index (χ1n) is 5.48. The average Bonchev–Trinajstić information content (AvgIpc) is 2.61. The van der Waals surface area contributed by atoms with Crippen LogP contribution in [0, 0.1) is 0 Å². The summed E-state index contributed by atoms with van der Waals surface area (Å²) in [5, 5.41) is 0. The molecule has 0 spiro atoms. The maximum Gasteiger partial charge on any atom is 0.236 e. The normalized spacial score (nSPS) is 26.6. The van der Waals surface area contributed by atoms with E-state index in [1.54, 1.807) is 0 Å². The van der Waals surface area contributed by atoms with Gasteiger partial charge in [0.2, 0.25) is 5.91 Å². The van der Waals surface area contributed by atoms with Crippen LogP contribution < -0.4 is 0 Å². The van der Waals surface area contributed by atoms with Gasteiger partial charge in [-0.2, -0.15) is 0 Å². The molecule has 2 rings (SSSR count). The van der Waals surface area contributed by atoms with Gasteiger partial charge in [-0.1, -0.05) is 38.6 Å². The van der Waals surface area contributed by atoms with E-state index in [9.17, 15) is 4.79 Å². The van der Waals surface area contributed by atoms with Crippen LogP contribution in [-0.2, 0) is 10.2 Å². The standard InChI is InChI=1S/C12H17NOP2/c1-12(10-6-4-3-5-7-10)8-9-13(11(12)14)16-15-2/h3-7,15-16H,8-9H2,1-2H3/t12-/m0/s1. The first kappa shape index (κ1) is 12.0. The molecule has 0 saturated carbocycles. The quantitative estimate of drug-likeness (QED) is 0.758. The Morgan fingerprint density at radius 3 is 2.62 bits per heavy atom. The third-order valence-electron chi connectivity index (χ3n) is 3.21. The Labute approximate surface area is 100 Å². The molecule has 1 aromatic carbocycles. The van der Waals surface area contributed by atoms with E-state index in [0.29, 0.717) is 14.3 Å². The summed E-state index contributed by atoms with van der Waals surface area (Å²) in [5.41, 5.74) is 0.875. The summed E-state index contributed by atoms with van der Waals surface area (Å²) in [6, 6.07) is 10.2. The summed E-state index contributed by atoms with van der Waals surface area (Å²) >= 11 is 0. The van der Waals surface area contributed by atoms with E-state index >= 15 is 0 Å². The van der Waals surface area contributed by atoms with Gasteiger partial charge in [0.15, 0.2) is 0 Å². The molecule has 1 aliphatic heterocycles. The van der Waals surface area contributed by atoms with Gasteiger partial charge < -0.3 is 4.67 Å². The minimum absolute atomic E-state index is 0.284. The molecule has 3 atom stereocenters. The van der Waals surface area contributed by atoms with E-state index in [0.717, 1.165) is 26.8 Å². The molecule has 1 fully saturated rings. The highest BCUT2D eigenvalue weighted by atomic mass is 32.0. The van der Waals surface area contributed by atoms with Crippen molar-refractivity contribution >= 4 is 22.6 Å². The van der Waals surface area contributed by atoms with Crippen molar-refractivity contribution < 1.29 is 4.79 Å². The molecular weight excluding hydrogens is 236 g/mol. The topological polar surface area (TPSA) is 20.3 Å². The fraction of sp³-hybridized carbons (Fsp3) is 0.417. The van der Waals surface area contributed by atoms with Gasteiger partial charge in [0, 0.05) is 15.0 Å². The molecule has 1 saturated heterocycles. The number of hydrogen-bond acceptors (Lipinski definition) is 1. The van der Waals surface area contributed by atoms with E-state index < -0.39 is 0 Å². The van der Waals surface area contributed by atoms with Gasteiger partial charge in [0.05, 0.1) is 5.41 Å². The van der Waals surface area contributed by atoms with Crippen LogP contribution in [0.15, 0.2) is 30.3 Å². The van der Waals surface area contributed by atoms with Crippen molar-refractivity contribution in [2.24, 2.45) is 0 Å². The van der Waals surface area contributed by atoms with Crippen molar-refractivity contribution in [3.8, 4) is 0 Å². The van der Waals surface area contributed by atoms with Gasteiger partial charge in [0.25, 0.3) is 0 Å². The highest BCUT2D eigenvalue weighted by molar-refractivity contribution is 8.10. The van der Waals surface area contributed by atoms with Crippen molar-refractivity contribution in [3.63, 3.8) is 0 Å². The highest BCUT2D eigenvalue weighted by Crippen LogP contribution is 2.46. The molecule has 86 valence electrons. The van der Waals surface area contributed by atoms with Crippen LogP contribution in [0.4, 0.5) is 0 Å². The minimum Gasteiger partial charge on any atom is -0.320 e. The lowest BCUT2D eigenvalue weighted by atomic mass is 9.81. The van der Waals surface area contributed by atoms with Crippen molar-refractivity contribution in [3.05, 3.63) is 35.9 Å². The lowest BCUT2D eigenvalue weighted by Crippen LogP contribution is -2.31. The second-order valence-electron chi connectivity index (χ2n) is 4.27. The third kappa shape index (κ3) is 2.01. The van der Waals surface area contributed by atoms with Crippen LogP contribution in [0.5, 0.6) is 0 Å². The zero-order chi connectivity index (χ0) is 11.6. The number of hydrogen-bond donors (Lipinski definition) is 0. The molecule has 0 N–H and O–H groups in total. The Morgan fingerprint density at radius 2 is 2.00 bits per heavy atom. The Bertz CT molecular complexity index is 382. The lowest BCUT2D eigenvalue weighted by molar-refractivity contribution is -0.127. The predicted octanol–water partition coefficient (Wildman–Crippen LogP) is 2.99. The summed E-state index contributed by atoms with van der Waals surface area (Å²) in [6.07, 6.45) is 0.952. The number of amides is 1. The largest absolute Gasteiger partial charge is 0.320 e. The molecule has 0 bridgehead atoms. The molecule has 0 aromatic heterocycles. The van der Waals surface area contributed by atoms with Gasteiger partial charge in [0.1, 0.15) is 0 Å². The zero-order valence-electron chi connectivity index (χ0n) is 9.66. The number of carbonyl (C=O) groups excluding carboxylic acids is 1. The number of nitrogens with zero attached hydrogens (tertiary/aromatic N) is 1. The van der Waals surface area contributed by atoms with Crippen LogP contribution >= 0.6 is 16.7 Å². The van der Waals surface area contributed by atoms with Gasteiger partial charge in [-0.15, -0.1) is 0 Å². The molecule has 2 nitrogen and oxygen atoms in total. The molecule has 1 heterocycles. The van der Waals surface area contributed by atoms with Gasteiger partial charge >= 0.3 is 0 Å². The summed E-state index contributed by atoms with van der Waals surface area (Å²) in [5.74, 6) is 0.311. The van der Waals surface area contributed by atoms with Crippen LogP contribution in [0.3, 0.4) is 0 Å². The smallest absolute Gasteiger partial charge is 0.236 e. The first-order valence-corrected chi connectivity index (χ1v) is 8.93. The van der Waals surface area contributed by atoms with Gasteiger partial charge in [-0.25, -0.2) is 0 Å². The second kappa shape index (κ2) is 4.82. The van der Waals surface area contributed by atoms with E-state index in [-0.39, 0.29) is 5.41 Å². The van der Waals surface area contributed by atoms with Crippen LogP contribution in [0.25, 0.3) is 0 Å². The molecule has 1 amide bonds.